The van der Waals surface area contributed by atoms with Gasteiger partial charge < -0.3 is 31.5 Å². The number of nitrogens with two attached hydrogens (primary N) is 2. The van der Waals surface area contributed by atoms with E-state index in [0.717, 1.165) is 90.6 Å². The summed E-state index contributed by atoms with van der Waals surface area (Å²) in [6.07, 6.45) is 43.9. The molecule has 0 radical (unpaired) electrons. The smallest absolute Gasteiger partial charge is 0.0667 e. The molecular formula is C46H98N4O2. The number of unbranched alkanes of at least 4 members (excludes halogenated alkanes) is 27. The van der Waals surface area contributed by atoms with E-state index >= 15 is 0 Å². The fourth-order valence-electron chi connectivity index (χ4n) is 7.82. The van der Waals surface area contributed by atoms with Gasteiger partial charge in [0.2, 0.25) is 0 Å². The summed E-state index contributed by atoms with van der Waals surface area (Å²) in [5, 5.41) is 21.7. The van der Waals surface area contributed by atoms with E-state index in [0.29, 0.717) is 13.1 Å². The van der Waals surface area contributed by atoms with Crippen LogP contribution in [-0.4, -0.2) is 84.6 Å². The molecule has 6 heteroatoms. The van der Waals surface area contributed by atoms with Crippen LogP contribution in [-0.2, 0) is 0 Å². The third-order valence-corrected chi connectivity index (χ3v) is 11.3. The van der Waals surface area contributed by atoms with Crippen molar-refractivity contribution < 1.29 is 10.2 Å². The summed E-state index contributed by atoms with van der Waals surface area (Å²) in [6, 6.07) is 0. The van der Waals surface area contributed by atoms with Gasteiger partial charge in [-0.25, -0.2) is 0 Å². The molecule has 0 aliphatic heterocycles. The molecule has 0 saturated heterocycles. The molecule has 0 spiro atoms. The second-order valence-electron chi connectivity index (χ2n) is 16.7. The van der Waals surface area contributed by atoms with E-state index in [4.69, 9.17) is 11.5 Å². The average Bonchev–Trinajstić information content (AvgIpc) is 3.14. The summed E-state index contributed by atoms with van der Waals surface area (Å²) in [5.41, 5.74) is 11.7. The maximum absolute atomic E-state index is 10.8. The van der Waals surface area contributed by atoms with Gasteiger partial charge in [-0.15, -0.1) is 0 Å². The molecule has 0 bridgehead atoms. The van der Waals surface area contributed by atoms with Crippen LogP contribution in [0.3, 0.4) is 0 Å². The van der Waals surface area contributed by atoms with Crippen LogP contribution in [0.2, 0.25) is 0 Å². The van der Waals surface area contributed by atoms with Gasteiger partial charge in [-0.3, -0.25) is 0 Å². The lowest BCUT2D eigenvalue weighted by Crippen LogP contribution is -2.36. The van der Waals surface area contributed by atoms with Crippen LogP contribution < -0.4 is 11.5 Å². The molecule has 0 amide bonds. The first kappa shape index (κ1) is 51.8. The van der Waals surface area contributed by atoms with Gasteiger partial charge in [0.1, 0.15) is 0 Å². The zero-order chi connectivity index (χ0) is 38.0. The fraction of sp³-hybridized carbons (Fsp3) is 1.00. The fourth-order valence-corrected chi connectivity index (χ4v) is 7.82. The highest BCUT2D eigenvalue weighted by Gasteiger charge is 2.14. The first-order valence-electron chi connectivity index (χ1n) is 23.8. The summed E-state index contributed by atoms with van der Waals surface area (Å²) < 4.78 is 0. The van der Waals surface area contributed by atoms with Crippen molar-refractivity contribution in [3.05, 3.63) is 0 Å². The van der Waals surface area contributed by atoms with Crippen LogP contribution in [0.4, 0.5) is 0 Å². The first-order chi connectivity index (χ1) is 25.6. The Morgan fingerprint density at radius 3 is 0.808 bits per heavy atom. The summed E-state index contributed by atoms with van der Waals surface area (Å²) >= 11 is 0. The van der Waals surface area contributed by atoms with E-state index in [9.17, 15) is 10.2 Å². The predicted octanol–water partition coefficient (Wildman–Crippen LogP) is 11.5. The van der Waals surface area contributed by atoms with Crippen molar-refractivity contribution in [1.29, 1.82) is 0 Å². The number of nitrogens with zero attached hydrogens (tertiary/aromatic N) is 2. The van der Waals surface area contributed by atoms with Gasteiger partial charge in [-0.05, 0) is 77.8 Å². The SMILES string of the molecule is CCCCCCCCCCCCCCCCC(O)CN(CCCN)CCCCN(CCCN)CC(O)CCCCCCCCCCCCCCCC. The number of hydrogen-bond donors (Lipinski definition) is 4. The van der Waals surface area contributed by atoms with E-state index in [1.165, 1.54) is 167 Å². The van der Waals surface area contributed by atoms with E-state index in [1.807, 2.05) is 0 Å². The molecule has 6 N–H and O–H groups in total. The van der Waals surface area contributed by atoms with Crippen molar-refractivity contribution in [3.63, 3.8) is 0 Å². The lowest BCUT2D eigenvalue weighted by Gasteiger charge is -2.27. The minimum Gasteiger partial charge on any atom is -0.392 e. The monoisotopic (exact) mass is 739 g/mol. The van der Waals surface area contributed by atoms with Gasteiger partial charge in [-0.2, -0.15) is 0 Å². The van der Waals surface area contributed by atoms with Gasteiger partial charge in [0.15, 0.2) is 0 Å². The van der Waals surface area contributed by atoms with Crippen LogP contribution in [0.25, 0.3) is 0 Å². The minimum atomic E-state index is -0.235. The highest BCUT2D eigenvalue weighted by molar-refractivity contribution is 4.69. The summed E-state index contributed by atoms with van der Waals surface area (Å²) in [5.74, 6) is 0. The van der Waals surface area contributed by atoms with E-state index in [1.54, 1.807) is 0 Å². The molecule has 314 valence electrons. The Morgan fingerprint density at radius 1 is 0.327 bits per heavy atom. The third-order valence-electron chi connectivity index (χ3n) is 11.3. The largest absolute Gasteiger partial charge is 0.392 e. The summed E-state index contributed by atoms with van der Waals surface area (Å²) in [6.45, 7) is 11.5. The van der Waals surface area contributed by atoms with Crippen molar-refractivity contribution in [1.82, 2.24) is 9.80 Å². The Hall–Kier alpha value is -0.240. The van der Waals surface area contributed by atoms with Crippen LogP contribution >= 0.6 is 0 Å². The zero-order valence-electron chi connectivity index (χ0n) is 35.8. The normalized spacial score (nSPS) is 13.2. The highest BCUT2D eigenvalue weighted by atomic mass is 16.3. The second kappa shape index (κ2) is 43.5. The van der Waals surface area contributed by atoms with E-state index in [-0.39, 0.29) is 12.2 Å². The lowest BCUT2D eigenvalue weighted by atomic mass is 10.0. The maximum Gasteiger partial charge on any atom is 0.0667 e. The molecule has 0 fully saturated rings. The van der Waals surface area contributed by atoms with Crippen LogP contribution in [0.5, 0.6) is 0 Å². The van der Waals surface area contributed by atoms with Crippen LogP contribution in [0.15, 0.2) is 0 Å². The van der Waals surface area contributed by atoms with Crippen molar-refractivity contribution >= 4 is 0 Å². The van der Waals surface area contributed by atoms with Crippen LogP contribution in [0.1, 0.15) is 232 Å². The second-order valence-corrected chi connectivity index (χ2v) is 16.7. The molecular weight excluding hydrogens is 641 g/mol. The zero-order valence-corrected chi connectivity index (χ0v) is 35.8. The number of hydrogen-bond acceptors (Lipinski definition) is 6. The average molecular weight is 739 g/mol. The topological polar surface area (TPSA) is 99.0 Å². The van der Waals surface area contributed by atoms with Gasteiger partial charge in [0.25, 0.3) is 0 Å². The van der Waals surface area contributed by atoms with Crippen molar-refractivity contribution in [3.8, 4) is 0 Å². The van der Waals surface area contributed by atoms with Gasteiger partial charge in [-0.1, -0.05) is 194 Å². The Bertz CT molecular complexity index is 600. The standard InChI is InChI=1S/C46H98N4O2/c1-3-5-7-9-11-13-15-17-19-21-23-25-27-29-35-45(51)43-49(41-33-37-47)39-31-32-40-50(42-34-38-48)44-46(52)36-30-28-26-24-22-20-18-16-14-12-10-8-6-4-2/h45-46,51-52H,3-44,47-48H2,1-2H3. The molecule has 0 aliphatic carbocycles. The Labute approximate surface area is 327 Å². The molecule has 0 rings (SSSR count). The summed E-state index contributed by atoms with van der Waals surface area (Å²) in [7, 11) is 0. The number of rotatable bonds is 45. The molecule has 0 heterocycles. The highest BCUT2D eigenvalue weighted by Crippen LogP contribution is 2.16. The maximum atomic E-state index is 10.8. The van der Waals surface area contributed by atoms with Crippen LogP contribution in [0, 0.1) is 0 Å². The first-order valence-corrected chi connectivity index (χ1v) is 23.8. The van der Waals surface area contributed by atoms with Gasteiger partial charge >= 0.3 is 0 Å². The number of aliphatic hydroxyl groups excluding tert-OH is 2. The Morgan fingerprint density at radius 2 is 0.558 bits per heavy atom. The molecule has 52 heavy (non-hydrogen) atoms. The molecule has 6 nitrogen and oxygen atoms in total. The quantitative estimate of drug-likeness (QED) is 0.0464. The molecule has 0 aromatic carbocycles. The lowest BCUT2D eigenvalue weighted by molar-refractivity contribution is 0.0939. The minimum absolute atomic E-state index is 0.235. The van der Waals surface area contributed by atoms with Crippen molar-refractivity contribution in [2.45, 2.75) is 244 Å². The molecule has 2 atom stereocenters. The molecule has 0 saturated carbocycles. The predicted molar refractivity (Wildman–Crippen MR) is 231 cm³/mol. The molecule has 0 aromatic heterocycles. The number of aliphatic hydroxyl groups is 2. The van der Waals surface area contributed by atoms with E-state index < -0.39 is 0 Å². The Kier molecular flexibility index (Phi) is 43.3. The molecule has 0 aliphatic rings. The van der Waals surface area contributed by atoms with E-state index in [2.05, 4.69) is 23.6 Å². The third kappa shape index (κ3) is 39.5. The molecule has 0 aromatic rings. The summed E-state index contributed by atoms with van der Waals surface area (Å²) in [4.78, 5) is 4.88. The molecule has 2 unspecified atom stereocenters. The Balaban J connectivity index is 4.03. The van der Waals surface area contributed by atoms with Gasteiger partial charge in [0, 0.05) is 13.1 Å². The van der Waals surface area contributed by atoms with Crippen molar-refractivity contribution in [2.75, 3.05) is 52.4 Å². The van der Waals surface area contributed by atoms with Crippen molar-refractivity contribution in [2.24, 2.45) is 11.5 Å². The van der Waals surface area contributed by atoms with Gasteiger partial charge in [0.05, 0.1) is 12.2 Å².